The van der Waals surface area contributed by atoms with Crippen LogP contribution in [0.15, 0.2) is 11.1 Å². The molecule has 0 aliphatic carbocycles. The first kappa shape index (κ1) is 11.8. The molecule has 0 atom stereocenters. The third-order valence-electron chi connectivity index (χ3n) is 1.85. The van der Waals surface area contributed by atoms with Crippen molar-refractivity contribution in [3.63, 3.8) is 0 Å². The number of alkyl halides is 2. The lowest BCUT2D eigenvalue weighted by Gasteiger charge is -2.08. The Morgan fingerprint density at radius 1 is 1.47 bits per heavy atom. The molecule has 0 spiro atoms. The van der Waals surface area contributed by atoms with Crippen LogP contribution >= 0.6 is 0 Å². The van der Waals surface area contributed by atoms with Gasteiger partial charge >= 0.3 is 0 Å². The molecule has 15 heavy (non-hydrogen) atoms. The largest absolute Gasteiger partial charge is 0.383 e. The van der Waals surface area contributed by atoms with Crippen molar-refractivity contribution in [3.05, 3.63) is 17.2 Å². The summed E-state index contributed by atoms with van der Waals surface area (Å²) in [5, 5.41) is 4.10. The molecule has 0 aliphatic heterocycles. The molecule has 1 aromatic rings. The van der Waals surface area contributed by atoms with Gasteiger partial charge in [-0.25, -0.2) is 27.3 Å². The van der Waals surface area contributed by atoms with Crippen molar-refractivity contribution in [3.8, 4) is 0 Å². The van der Waals surface area contributed by atoms with Crippen LogP contribution in [0.25, 0.3) is 0 Å². The second-order valence-corrected chi connectivity index (χ2v) is 4.41. The molecular weight excluding hydrogens is 228 g/mol. The first-order valence-corrected chi connectivity index (χ1v) is 5.36. The number of hydrogen-bond donors (Lipinski definition) is 2. The van der Waals surface area contributed by atoms with E-state index in [2.05, 4.69) is 4.98 Å². The lowest BCUT2D eigenvalue weighted by Crippen LogP contribution is -2.16. The highest BCUT2D eigenvalue weighted by atomic mass is 32.2. The minimum atomic E-state index is -4.12. The molecule has 1 aromatic heterocycles. The lowest BCUT2D eigenvalue weighted by molar-refractivity contribution is 0.150. The van der Waals surface area contributed by atoms with Gasteiger partial charge in [-0.2, -0.15) is 0 Å². The molecule has 0 bridgehead atoms. The van der Waals surface area contributed by atoms with E-state index < -0.39 is 27.0 Å². The standard InChI is InChI=1S/C7H9F2N3O2S/c1-3-4(6(8)9)2-5(12-7(3)10)15(11,13)14/h2,6H,1H3,(H2,10,12)(H2,11,13,14). The Labute approximate surface area is 85.2 Å². The Balaban J connectivity index is 3.50. The van der Waals surface area contributed by atoms with Gasteiger partial charge in [0, 0.05) is 11.1 Å². The molecule has 0 radical (unpaired) electrons. The van der Waals surface area contributed by atoms with Gasteiger partial charge in [0.05, 0.1) is 0 Å². The van der Waals surface area contributed by atoms with E-state index in [1.807, 2.05) is 0 Å². The predicted octanol–water partition coefficient (Wildman–Crippen LogP) is 0.557. The molecule has 5 nitrogen and oxygen atoms in total. The van der Waals surface area contributed by atoms with Gasteiger partial charge in [0.1, 0.15) is 5.82 Å². The third-order valence-corrected chi connectivity index (χ3v) is 2.65. The average Bonchev–Trinajstić information content (AvgIpc) is 2.06. The van der Waals surface area contributed by atoms with Gasteiger partial charge < -0.3 is 5.73 Å². The molecule has 1 heterocycles. The Hall–Kier alpha value is -1.28. The highest BCUT2D eigenvalue weighted by molar-refractivity contribution is 7.89. The normalized spacial score (nSPS) is 12.1. The van der Waals surface area contributed by atoms with Gasteiger partial charge in [0.2, 0.25) is 0 Å². The van der Waals surface area contributed by atoms with Crippen LogP contribution in [0, 0.1) is 6.92 Å². The predicted molar refractivity (Wildman–Crippen MR) is 49.7 cm³/mol. The van der Waals surface area contributed by atoms with Crippen LogP contribution in [0.2, 0.25) is 0 Å². The zero-order valence-corrected chi connectivity index (χ0v) is 8.55. The fourth-order valence-electron chi connectivity index (χ4n) is 0.996. The number of sulfonamides is 1. The fraction of sp³-hybridized carbons (Fsp3) is 0.286. The van der Waals surface area contributed by atoms with Crippen LogP contribution in [0.1, 0.15) is 17.6 Å². The van der Waals surface area contributed by atoms with E-state index in [-0.39, 0.29) is 11.4 Å². The second kappa shape index (κ2) is 3.70. The minimum Gasteiger partial charge on any atom is -0.383 e. The summed E-state index contributed by atoms with van der Waals surface area (Å²) in [7, 11) is -4.12. The van der Waals surface area contributed by atoms with E-state index in [4.69, 9.17) is 10.9 Å². The number of aromatic nitrogens is 1. The fourth-order valence-corrected chi connectivity index (χ4v) is 1.51. The maximum Gasteiger partial charge on any atom is 0.264 e. The Kier molecular flexibility index (Phi) is 2.91. The van der Waals surface area contributed by atoms with Crippen LogP contribution < -0.4 is 10.9 Å². The topological polar surface area (TPSA) is 99.1 Å². The highest BCUT2D eigenvalue weighted by Crippen LogP contribution is 2.26. The molecule has 84 valence electrons. The molecule has 0 saturated carbocycles. The number of rotatable bonds is 2. The van der Waals surface area contributed by atoms with Crippen molar-refractivity contribution in [2.75, 3.05) is 5.73 Å². The lowest BCUT2D eigenvalue weighted by atomic mass is 10.1. The first-order valence-electron chi connectivity index (χ1n) is 3.81. The average molecular weight is 237 g/mol. The monoisotopic (exact) mass is 237 g/mol. The van der Waals surface area contributed by atoms with Crippen molar-refractivity contribution in [1.82, 2.24) is 4.98 Å². The number of pyridine rings is 1. The Morgan fingerprint density at radius 2 is 2.00 bits per heavy atom. The molecule has 1 rings (SSSR count). The summed E-state index contributed by atoms with van der Waals surface area (Å²) >= 11 is 0. The van der Waals surface area contributed by atoms with Crippen molar-refractivity contribution < 1.29 is 17.2 Å². The number of primary sulfonamides is 1. The van der Waals surface area contributed by atoms with E-state index in [9.17, 15) is 17.2 Å². The number of nitrogens with zero attached hydrogens (tertiary/aromatic N) is 1. The van der Waals surface area contributed by atoms with Gasteiger partial charge in [0.15, 0.2) is 5.03 Å². The van der Waals surface area contributed by atoms with Crippen LogP contribution in [-0.4, -0.2) is 13.4 Å². The summed E-state index contributed by atoms with van der Waals surface area (Å²) in [6.45, 7) is 1.33. The van der Waals surface area contributed by atoms with Gasteiger partial charge in [0.25, 0.3) is 16.4 Å². The Bertz CT molecular complexity index is 487. The number of hydrogen-bond acceptors (Lipinski definition) is 4. The smallest absolute Gasteiger partial charge is 0.264 e. The maximum absolute atomic E-state index is 12.5. The van der Waals surface area contributed by atoms with Crippen LogP contribution in [0.5, 0.6) is 0 Å². The highest BCUT2D eigenvalue weighted by Gasteiger charge is 2.19. The quantitative estimate of drug-likeness (QED) is 0.784. The van der Waals surface area contributed by atoms with E-state index in [0.717, 1.165) is 6.07 Å². The van der Waals surface area contributed by atoms with Crippen molar-refractivity contribution in [1.29, 1.82) is 0 Å². The van der Waals surface area contributed by atoms with Crippen LogP contribution in [0.4, 0.5) is 14.6 Å². The molecule has 0 fully saturated rings. The third kappa shape index (κ3) is 2.39. The van der Waals surface area contributed by atoms with Gasteiger partial charge in [-0.1, -0.05) is 0 Å². The first-order chi connectivity index (χ1) is 6.73. The summed E-state index contributed by atoms with van der Waals surface area (Å²) in [4.78, 5) is 3.42. The zero-order chi connectivity index (χ0) is 11.8. The molecule has 0 saturated heterocycles. The second-order valence-electron chi connectivity index (χ2n) is 2.91. The van der Waals surface area contributed by atoms with Crippen molar-refractivity contribution in [2.45, 2.75) is 18.4 Å². The Morgan fingerprint density at radius 3 is 2.40 bits per heavy atom. The van der Waals surface area contributed by atoms with E-state index in [1.54, 1.807) is 0 Å². The number of halogens is 2. The molecule has 0 amide bonds. The van der Waals surface area contributed by atoms with Gasteiger partial charge in [-0.3, -0.25) is 0 Å². The van der Waals surface area contributed by atoms with E-state index >= 15 is 0 Å². The molecule has 4 N–H and O–H groups in total. The van der Waals surface area contributed by atoms with E-state index in [0.29, 0.717) is 0 Å². The number of nitrogens with two attached hydrogens (primary N) is 2. The SMILES string of the molecule is Cc1c(C(F)F)cc(S(N)(=O)=O)nc1N. The van der Waals surface area contributed by atoms with E-state index in [1.165, 1.54) is 6.92 Å². The summed E-state index contributed by atoms with van der Waals surface area (Å²) in [6, 6.07) is 0.728. The van der Waals surface area contributed by atoms with Crippen molar-refractivity contribution in [2.24, 2.45) is 5.14 Å². The van der Waals surface area contributed by atoms with Crippen LogP contribution in [0.3, 0.4) is 0 Å². The zero-order valence-electron chi connectivity index (χ0n) is 7.74. The minimum absolute atomic E-state index is 0.0531. The van der Waals surface area contributed by atoms with Crippen LogP contribution in [-0.2, 0) is 10.0 Å². The molecule has 0 unspecified atom stereocenters. The number of nitrogen functional groups attached to an aromatic ring is 1. The summed E-state index contributed by atoms with van der Waals surface area (Å²) in [6.07, 6.45) is -2.82. The molecular formula is C7H9F2N3O2S. The number of anilines is 1. The molecule has 8 heteroatoms. The molecule has 0 aromatic carbocycles. The summed E-state index contributed by atoms with van der Waals surface area (Å²) < 4.78 is 46.7. The summed E-state index contributed by atoms with van der Waals surface area (Å²) in [5.74, 6) is -0.267. The van der Waals surface area contributed by atoms with Gasteiger partial charge in [-0.15, -0.1) is 0 Å². The van der Waals surface area contributed by atoms with Crippen molar-refractivity contribution >= 4 is 15.8 Å². The summed E-state index contributed by atoms with van der Waals surface area (Å²) in [5.41, 5.74) is 4.86. The molecule has 0 aliphatic rings. The van der Waals surface area contributed by atoms with Gasteiger partial charge in [-0.05, 0) is 13.0 Å². The maximum atomic E-state index is 12.5.